The van der Waals surface area contributed by atoms with Gasteiger partial charge in [0.2, 0.25) is 5.91 Å². The third-order valence-electron chi connectivity index (χ3n) is 8.53. The Morgan fingerprint density at radius 3 is 2.75 bits per heavy atom. The summed E-state index contributed by atoms with van der Waals surface area (Å²) >= 11 is 0. The van der Waals surface area contributed by atoms with E-state index in [-0.39, 0.29) is 28.2 Å². The lowest BCUT2D eigenvalue weighted by Gasteiger charge is -2.66. The predicted molar refractivity (Wildman–Crippen MR) is 109 cm³/mol. The normalized spacial score (nSPS) is 44.4. The number of carbonyl (C=O) groups excluding carboxylic acids is 1. The SMILES string of the molecule is CCC12CC3CC(C(=O)N[C@H]4CCNC[C@@H]4F)(C1)CC(c1ccccc1)(C3)C2. The second-order valence-electron chi connectivity index (χ2n) is 10.4. The van der Waals surface area contributed by atoms with Crippen LogP contribution in [-0.2, 0) is 10.2 Å². The fourth-order valence-electron chi connectivity index (χ4n) is 7.70. The molecule has 4 bridgehead atoms. The topological polar surface area (TPSA) is 41.1 Å². The molecule has 1 heterocycles. The van der Waals surface area contributed by atoms with Gasteiger partial charge in [-0.15, -0.1) is 0 Å². The van der Waals surface area contributed by atoms with E-state index in [1.807, 2.05) is 0 Å². The first-order valence-corrected chi connectivity index (χ1v) is 11.2. The van der Waals surface area contributed by atoms with Crippen molar-refractivity contribution in [3.05, 3.63) is 35.9 Å². The summed E-state index contributed by atoms with van der Waals surface area (Å²) in [5.74, 6) is 0.764. The summed E-state index contributed by atoms with van der Waals surface area (Å²) in [6.07, 6.45) is 7.49. The maximum absolute atomic E-state index is 14.4. The fraction of sp³-hybridized carbons (Fsp3) is 0.708. The molecule has 28 heavy (non-hydrogen) atoms. The molecule has 4 unspecified atom stereocenters. The molecule has 1 saturated heterocycles. The first-order chi connectivity index (χ1) is 13.5. The number of hydrogen-bond donors (Lipinski definition) is 2. The lowest BCUT2D eigenvalue weighted by molar-refractivity contribution is -0.164. The Hall–Kier alpha value is -1.42. The molecule has 1 amide bonds. The maximum Gasteiger partial charge on any atom is 0.226 e. The van der Waals surface area contributed by atoms with Gasteiger partial charge in [-0.1, -0.05) is 43.7 Å². The van der Waals surface area contributed by atoms with Crippen molar-refractivity contribution in [1.29, 1.82) is 0 Å². The molecular formula is C24H33FN2O. The van der Waals surface area contributed by atoms with Crippen molar-refractivity contribution in [2.24, 2.45) is 16.7 Å². The average molecular weight is 385 g/mol. The largest absolute Gasteiger partial charge is 0.350 e. The number of hydrogen-bond acceptors (Lipinski definition) is 2. The Morgan fingerprint density at radius 2 is 2.00 bits per heavy atom. The third kappa shape index (κ3) is 2.82. The highest BCUT2D eigenvalue weighted by molar-refractivity contribution is 5.84. The van der Waals surface area contributed by atoms with Crippen molar-refractivity contribution >= 4 is 5.91 Å². The average Bonchev–Trinajstić information content (AvgIpc) is 2.69. The standard InChI is InChI=1S/C24H33FN2O/c1-2-22-10-17-11-23(14-22,18-6-4-3-5-7-18)16-24(12-17,15-22)21(28)27-20-8-9-26-13-19(20)25/h3-7,17,19-20,26H,2,8-16H2,1H3,(H,27,28)/t17?,19-,20-,22?,23?,24?/m0/s1. The molecule has 0 spiro atoms. The molecule has 0 aromatic heterocycles. The number of nitrogens with one attached hydrogen (secondary N) is 2. The number of benzene rings is 1. The van der Waals surface area contributed by atoms with Gasteiger partial charge in [0.05, 0.1) is 11.5 Å². The van der Waals surface area contributed by atoms with Gasteiger partial charge < -0.3 is 10.6 Å². The lowest BCUT2D eigenvalue weighted by atomic mass is 9.38. The van der Waals surface area contributed by atoms with Crippen molar-refractivity contribution in [2.45, 2.75) is 75.9 Å². The zero-order valence-electron chi connectivity index (χ0n) is 17.0. The van der Waals surface area contributed by atoms with Crippen LogP contribution in [0.5, 0.6) is 0 Å². The lowest BCUT2D eigenvalue weighted by Crippen LogP contribution is -2.64. The van der Waals surface area contributed by atoms with E-state index in [9.17, 15) is 9.18 Å². The molecule has 4 heteroatoms. The highest BCUT2D eigenvalue weighted by Gasteiger charge is 2.65. The summed E-state index contributed by atoms with van der Waals surface area (Å²) in [5, 5.41) is 6.27. The van der Waals surface area contributed by atoms with E-state index in [0.717, 1.165) is 32.2 Å². The molecule has 2 N–H and O–H groups in total. The van der Waals surface area contributed by atoms with E-state index in [1.54, 1.807) is 0 Å². The number of alkyl halides is 1. The van der Waals surface area contributed by atoms with Gasteiger partial charge in [0.15, 0.2) is 0 Å². The summed E-state index contributed by atoms with van der Waals surface area (Å²) in [7, 11) is 0. The van der Waals surface area contributed by atoms with Gasteiger partial charge in [0, 0.05) is 6.54 Å². The van der Waals surface area contributed by atoms with E-state index < -0.39 is 6.17 Å². The minimum absolute atomic E-state index is 0.122. The smallest absolute Gasteiger partial charge is 0.226 e. The van der Waals surface area contributed by atoms with Gasteiger partial charge in [0.1, 0.15) is 6.17 Å². The molecular weight excluding hydrogens is 351 g/mol. The summed E-state index contributed by atoms with van der Waals surface area (Å²) < 4.78 is 14.4. The number of halogens is 1. The Morgan fingerprint density at radius 1 is 1.18 bits per heavy atom. The molecule has 6 rings (SSSR count). The highest BCUT2D eigenvalue weighted by Crippen LogP contribution is 2.71. The van der Waals surface area contributed by atoms with E-state index in [4.69, 9.17) is 0 Å². The Labute approximate surface area is 167 Å². The Kier molecular flexibility index (Phi) is 4.35. The van der Waals surface area contributed by atoms with Crippen LogP contribution in [0.25, 0.3) is 0 Å². The number of amides is 1. The van der Waals surface area contributed by atoms with Crippen LogP contribution in [0, 0.1) is 16.7 Å². The van der Waals surface area contributed by atoms with E-state index in [1.165, 1.54) is 24.8 Å². The molecule has 152 valence electrons. The van der Waals surface area contributed by atoms with Crippen molar-refractivity contribution < 1.29 is 9.18 Å². The highest BCUT2D eigenvalue weighted by atomic mass is 19.1. The minimum atomic E-state index is -0.977. The zero-order chi connectivity index (χ0) is 19.4. The summed E-state index contributed by atoms with van der Waals surface area (Å²) in [6.45, 7) is 3.45. The van der Waals surface area contributed by atoms with E-state index in [2.05, 4.69) is 47.9 Å². The zero-order valence-corrected chi connectivity index (χ0v) is 17.0. The maximum atomic E-state index is 14.4. The number of rotatable bonds is 4. The van der Waals surface area contributed by atoms with Gasteiger partial charge >= 0.3 is 0 Å². The van der Waals surface area contributed by atoms with Crippen LogP contribution >= 0.6 is 0 Å². The monoisotopic (exact) mass is 384 g/mol. The quantitative estimate of drug-likeness (QED) is 0.820. The van der Waals surface area contributed by atoms with Crippen LogP contribution < -0.4 is 10.6 Å². The summed E-state index contributed by atoms with van der Waals surface area (Å²) in [4.78, 5) is 13.6. The van der Waals surface area contributed by atoms with Gasteiger partial charge in [-0.3, -0.25) is 4.79 Å². The first-order valence-electron chi connectivity index (χ1n) is 11.2. The predicted octanol–water partition coefficient (Wildman–Crippen LogP) is 4.12. The number of piperidine rings is 1. The molecule has 5 aliphatic rings. The molecule has 1 aliphatic heterocycles. The van der Waals surface area contributed by atoms with Crippen LogP contribution in [0.1, 0.15) is 63.9 Å². The molecule has 1 aromatic rings. The first kappa shape index (κ1) is 18.6. The van der Waals surface area contributed by atoms with Crippen LogP contribution in [-0.4, -0.2) is 31.2 Å². The van der Waals surface area contributed by atoms with Gasteiger partial charge in [0.25, 0.3) is 0 Å². The van der Waals surface area contributed by atoms with Crippen molar-refractivity contribution in [1.82, 2.24) is 10.6 Å². The van der Waals surface area contributed by atoms with Crippen LogP contribution in [0.4, 0.5) is 4.39 Å². The Bertz CT molecular complexity index is 754. The van der Waals surface area contributed by atoms with Crippen LogP contribution in [0.2, 0.25) is 0 Å². The van der Waals surface area contributed by atoms with Crippen molar-refractivity contribution in [3.8, 4) is 0 Å². The minimum Gasteiger partial charge on any atom is -0.350 e. The molecule has 0 radical (unpaired) electrons. The third-order valence-corrected chi connectivity index (χ3v) is 8.53. The van der Waals surface area contributed by atoms with Gasteiger partial charge in [-0.05, 0) is 73.8 Å². The van der Waals surface area contributed by atoms with E-state index >= 15 is 0 Å². The van der Waals surface area contributed by atoms with Gasteiger partial charge in [-0.2, -0.15) is 0 Å². The number of carbonyl (C=O) groups is 1. The molecule has 6 atom stereocenters. The van der Waals surface area contributed by atoms with E-state index in [0.29, 0.717) is 18.9 Å². The van der Waals surface area contributed by atoms with Crippen LogP contribution in [0.15, 0.2) is 30.3 Å². The van der Waals surface area contributed by atoms with Crippen LogP contribution in [0.3, 0.4) is 0 Å². The molecule has 3 nitrogen and oxygen atoms in total. The molecule has 5 fully saturated rings. The molecule has 4 aliphatic carbocycles. The summed E-state index contributed by atoms with van der Waals surface area (Å²) in [5.41, 5.74) is 1.50. The molecule has 4 saturated carbocycles. The summed E-state index contributed by atoms with van der Waals surface area (Å²) in [6, 6.07) is 10.6. The van der Waals surface area contributed by atoms with Crippen molar-refractivity contribution in [2.75, 3.05) is 13.1 Å². The second-order valence-corrected chi connectivity index (χ2v) is 10.4. The van der Waals surface area contributed by atoms with Crippen molar-refractivity contribution in [3.63, 3.8) is 0 Å². The fourth-order valence-corrected chi connectivity index (χ4v) is 7.70. The molecule has 1 aromatic carbocycles. The second kappa shape index (κ2) is 6.55. The Balaban J connectivity index is 1.48. The van der Waals surface area contributed by atoms with Gasteiger partial charge in [-0.25, -0.2) is 4.39 Å².